The zero-order valence-electron chi connectivity index (χ0n) is 17.3. The Bertz CT molecular complexity index is 800. The molecule has 152 valence electrons. The van der Waals surface area contributed by atoms with Crippen molar-refractivity contribution in [2.75, 3.05) is 19.6 Å². The standard InChI is InChI=1S/C23H34N4O/c1-2-21-25-19-11-5-6-12-20(19)27(21)17-22(28)24-18-23(13-7-3-8-14-23)26-15-9-4-10-16-26/h5-6,11-12H,2-4,7-10,13-18H2,1H3,(H,24,28). The molecule has 0 spiro atoms. The maximum Gasteiger partial charge on any atom is 0.240 e. The lowest BCUT2D eigenvalue weighted by Crippen LogP contribution is -2.58. The molecule has 0 atom stereocenters. The largest absolute Gasteiger partial charge is 0.353 e. The first-order valence-electron chi connectivity index (χ1n) is 11.2. The van der Waals surface area contributed by atoms with Crippen molar-refractivity contribution in [3.63, 3.8) is 0 Å². The van der Waals surface area contributed by atoms with E-state index in [0.29, 0.717) is 6.54 Å². The van der Waals surface area contributed by atoms with Crippen LogP contribution in [0.15, 0.2) is 24.3 Å². The van der Waals surface area contributed by atoms with Crippen LogP contribution in [-0.2, 0) is 17.8 Å². The van der Waals surface area contributed by atoms with Crippen LogP contribution in [0.1, 0.15) is 64.1 Å². The number of carbonyl (C=O) groups is 1. The van der Waals surface area contributed by atoms with Gasteiger partial charge in [-0.2, -0.15) is 0 Å². The van der Waals surface area contributed by atoms with Crippen molar-refractivity contribution < 1.29 is 4.79 Å². The van der Waals surface area contributed by atoms with E-state index in [0.717, 1.165) is 29.8 Å². The number of aromatic nitrogens is 2. The van der Waals surface area contributed by atoms with Gasteiger partial charge < -0.3 is 9.88 Å². The molecule has 0 radical (unpaired) electrons. The van der Waals surface area contributed by atoms with Gasteiger partial charge in [-0.15, -0.1) is 0 Å². The molecule has 28 heavy (non-hydrogen) atoms. The number of para-hydroxylation sites is 2. The Kier molecular flexibility index (Phi) is 6.00. The van der Waals surface area contributed by atoms with Gasteiger partial charge in [0.2, 0.25) is 5.91 Å². The van der Waals surface area contributed by atoms with Crippen LogP contribution in [0.2, 0.25) is 0 Å². The van der Waals surface area contributed by atoms with E-state index < -0.39 is 0 Å². The topological polar surface area (TPSA) is 50.2 Å². The molecule has 2 heterocycles. The fourth-order valence-corrected chi connectivity index (χ4v) is 5.22. The third-order valence-corrected chi connectivity index (χ3v) is 6.78. The Morgan fingerprint density at radius 1 is 1.07 bits per heavy atom. The SMILES string of the molecule is CCc1nc2ccccc2n1CC(=O)NCC1(N2CCCCC2)CCCCC1. The van der Waals surface area contributed by atoms with E-state index in [9.17, 15) is 4.79 Å². The van der Waals surface area contributed by atoms with Crippen LogP contribution >= 0.6 is 0 Å². The second-order valence-corrected chi connectivity index (χ2v) is 8.57. The number of nitrogens with zero attached hydrogens (tertiary/aromatic N) is 3. The second kappa shape index (κ2) is 8.64. The van der Waals surface area contributed by atoms with Crippen LogP contribution in [0.25, 0.3) is 11.0 Å². The number of benzene rings is 1. The van der Waals surface area contributed by atoms with Gasteiger partial charge in [0.1, 0.15) is 12.4 Å². The molecule has 1 aromatic carbocycles. The van der Waals surface area contributed by atoms with Gasteiger partial charge in [-0.05, 0) is 50.9 Å². The minimum Gasteiger partial charge on any atom is -0.353 e. The molecular weight excluding hydrogens is 348 g/mol. The number of imidazole rings is 1. The lowest BCUT2D eigenvalue weighted by Gasteiger charge is -2.48. The van der Waals surface area contributed by atoms with Gasteiger partial charge in [-0.1, -0.05) is 44.7 Å². The summed E-state index contributed by atoms with van der Waals surface area (Å²) in [5.41, 5.74) is 2.21. The van der Waals surface area contributed by atoms with Gasteiger partial charge in [0.05, 0.1) is 11.0 Å². The van der Waals surface area contributed by atoms with Gasteiger partial charge in [-0.3, -0.25) is 9.69 Å². The summed E-state index contributed by atoms with van der Waals surface area (Å²) in [4.78, 5) is 20.3. The van der Waals surface area contributed by atoms with Gasteiger partial charge in [0.25, 0.3) is 0 Å². The second-order valence-electron chi connectivity index (χ2n) is 8.57. The van der Waals surface area contributed by atoms with Crippen LogP contribution < -0.4 is 5.32 Å². The molecule has 1 amide bonds. The van der Waals surface area contributed by atoms with E-state index in [1.54, 1.807) is 0 Å². The summed E-state index contributed by atoms with van der Waals surface area (Å²) in [6.45, 7) is 5.65. The molecule has 2 fully saturated rings. The summed E-state index contributed by atoms with van der Waals surface area (Å²) < 4.78 is 2.08. The van der Waals surface area contributed by atoms with E-state index in [2.05, 4.69) is 27.8 Å². The van der Waals surface area contributed by atoms with Crippen molar-refractivity contribution in [2.24, 2.45) is 0 Å². The Morgan fingerprint density at radius 3 is 2.54 bits per heavy atom. The number of aryl methyl sites for hydroxylation is 1. The first kappa shape index (κ1) is 19.4. The quantitative estimate of drug-likeness (QED) is 0.824. The summed E-state index contributed by atoms with van der Waals surface area (Å²) in [7, 11) is 0. The lowest BCUT2D eigenvalue weighted by molar-refractivity contribution is -0.122. The third-order valence-electron chi connectivity index (χ3n) is 6.78. The predicted molar refractivity (Wildman–Crippen MR) is 113 cm³/mol. The predicted octanol–water partition coefficient (Wildman–Crippen LogP) is 3.90. The van der Waals surface area contributed by atoms with E-state index in [1.165, 1.54) is 64.5 Å². The Balaban J connectivity index is 1.46. The molecule has 1 aliphatic carbocycles. The number of piperidine rings is 1. The van der Waals surface area contributed by atoms with Crippen LogP contribution in [0.5, 0.6) is 0 Å². The number of carbonyl (C=O) groups excluding carboxylic acids is 1. The zero-order valence-corrected chi connectivity index (χ0v) is 17.3. The van der Waals surface area contributed by atoms with Gasteiger partial charge in [-0.25, -0.2) is 4.98 Å². The van der Waals surface area contributed by atoms with E-state index in [4.69, 9.17) is 4.98 Å². The maximum atomic E-state index is 12.9. The van der Waals surface area contributed by atoms with Crippen molar-refractivity contribution >= 4 is 16.9 Å². The molecule has 5 nitrogen and oxygen atoms in total. The lowest BCUT2D eigenvalue weighted by atomic mass is 9.79. The zero-order chi connectivity index (χ0) is 19.4. The number of nitrogens with one attached hydrogen (secondary N) is 1. The summed E-state index contributed by atoms with van der Waals surface area (Å²) in [5.74, 6) is 1.10. The molecular formula is C23H34N4O. The highest BCUT2D eigenvalue weighted by molar-refractivity contribution is 5.81. The highest BCUT2D eigenvalue weighted by Gasteiger charge is 2.38. The van der Waals surface area contributed by atoms with Crippen molar-refractivity contribution in [3.05, 3.63) is 30.1 Å². The number of hydrogen-bond acceptors (Lipinski definition) is 3. The van der Waals surface area contributed by atoms with Crippen molar-refractivity contribution in [1.82, 2.24) is 19.8 Å². The molecule has 1 aromatic heterocycles. The minimum atomic E-state index is 0.111. The van der Waals surface area contributed by atoms with E-state index in [1.807, 2.05) is 18.2 Å². The van der Waals surface area contributed by atoms with E-state index >= 15 is 0 Å². The van der Waals surface area contributed by atoms with E-state index in [-0.39, 0.29) is 11.4 Å². The van der Waals surface area contributed by atoms with Crippen LogP contribution in [0.4, 0.5) is 0 Å². The molecule has 4 rings (SSSR count). The molecule has 1 aliphatic heterocycles. The van der Waals surface area contributed by atoms with Crippen LogP contribution in [0.3, 0.4) is 0 Å². The fourth-order valence-electron chi connectivity index (χ4n) is 5.22. The third kappa shape index (κ3) is 3.95. The van der Waals surface area contributed by atoms with Gasteiger partial charge >= 0.3 is 0 Å². The van der Waals surface area contributed by atoms with Crippen LogP contribution in [-0.4, -0.2) is 45.5 Å². The highest BCUT2D eigenvalue weighted by atomic mass is 16.1. The highest BCUT2D eigenvalue weighted by Crippen LogP contribution is 2.35. The molecule has 1 saturated heterocycles. The fraction of sp³-hybridized carbons (Fsp3) is 0.652. The first-order chi connectivity index (χ1) is 13.7. The van der Waals surface area contributed by atoms with Crippen molar-refractivity contribution in [3.8, 4) is 0 Å². The van der Waals surface area contributed by atoms with Crippen molar-refractivity contribution in [1.29, 1.82) is 0 Å². The van der Waals surface area contributed by atoms with Gasteiger partial charge in [0.15, 0.2) is 0 Å². The summed E-state index contributed by atoms with van der Waals surface area (Å²) in [6, 6.07) is 8.11. The molecule has 2 aliphatic rings. The molecule has 1 saturated carbocycles. The number of hydrogen-bond donors (Lipinski definition) is 1. The molecule has 0 unspecified atom stereocenters. The minimum absolute atomic E-state index is 0.111. The van der Waals surface area contributed by atoms with Crippen molar-refractivity contribution in [2.45, 2.75) is 76.8 Å². The summed E-state index contributed by atoms with van der Waals surface area (Å²) in [5, 5.41) is 3.32. The summed E-state index contributed by atoms with van der Waals surface area (Å²) >= 11 is 0. The van der Waals surface area contributed by atoms with Gasteiger partial charge in [0, 0.05) is 18.5 Å². The number of fused-ring (bicyclic) bond motifs is 1. The maximum absolute atomic E-state index is 12.9. The monoisotopic (exact) mass is 382 g/mol. The average molecular weight is 383 g/mol. The molecule has 2 aromatic rings. The van der Waals surface area contributed by atoms with Crippen LogP contribution in [0, 0.1) is 0 Å². The smallest absolute Gasteiger partial charge is 0.240 e. The molecule has 5 heteroatoms. The Labute approximate surface area is 168 Å². The first-order valence-corrected chi connectivity index (χ1v) is 11.2. The normalized spacial score (nSPS) is 20.3. The number of amides is 1. The number of rotatable bonds is 6. The molecule has 1 N–H and O–H groups in total. The Hall–Kier alpha value is -1.88. The molecule has 0 bridgehead atoms. The average Bonchev–Trinajstić information content (AvgIpc) is 3.11. The number of likely N-dealkylation sites (tertiary alicyclic amines) is 1. The summed E-state index contributed by atoms with van der Waals surface area (Å²) in [6.07, 6.45) is 11.2. The Morgan fingerprint density at radius 2 is 1.79 bits per heavy atom.